The Labute approximate surface area is 166 Å². The Morgan fingerprint density at radius 1 is 0.966 bits per heavy atom. The van der Waals surface area contributed by atoms with E-state index in [4.69, 9.17) is 14.2 Å². The van der Waals surface area contributed by atoms with E-state index in [-0.39, 0.29) is 5.56 Å². The lowest BCUT2D eigenvalue weighted by atomic mass is 10.2. The number of urea groups is 1. The van der Waals surface area contributed by atoms with Gasteiger partial charge in [-0.05, 0) is 44.2 Å². The second kappa shape index (κ2) is 10.6. The fraction of sp³-hybridized carbons (Fsp3) is 0.250. The van der Waals surface area contributed by atoms with Gasteiger partial charge in [-0.25, -0.2) is 14.0 Å². The van der Waals surface area contributed by atoms with Crippen LogP contribution in [0.3, 0.4) is 0 Å². The van der Waals surface area contributed by atoms with Gasteiger partial charge in [-0.2, -0.15) is 0 Å². The molecule has 3 amide bonds. The standard InChI is InChI=1S/C20H21FN2O6/c1-3-27-16-9-8-15(11-17(16)28-4-2)22-20(26)23-18(24)12-29-19(25)13-6-5-7-14(21)10-13/h5-11H,3-4,12H2,1-2H3,(H2,22,23,24,26). The summed E-state index contributed by atoms with van der Waals surface area (Å²) in [6.07, 6.45) is 0. The van der Waals surface area contributed by atoms with E-state index in [1.807, 2.05) is 19.2 Å². The smallest absolute Gasteiger partial charge is 0.338 e. The summed E-state index contributed by atoms with van der Waals surface area (Å²) < 4.78 is 28.7. The van der Waals surface area contributed by atoms with Gasteiger partial charge in [0.25, 0.3) is 5.91 Å². The lowest BCUT2D eigenvalue weighted by molar-refractivity contribution is -0.123. The van der Waals surface area contributed by atoms with Crippen LogP contribution in [0.5, 0.6) is 11.5 Å². The van der Waals surface area contributed by atoms with Crippen molar-refractivity contribution in [2.45, 2.75) is 13.8 Å². The molecule has 0 aliphatic carbocycles. The lowest BCUT2D eigenvalue weighted by Crippen LogP contribution is -2.37. The summed E-state index contributed by atoms with van der Waals surface area (Å²) in [6, 6.07) is 8.80. The quantitative estimate of drug-likeness (QED) is 0.656. The van der Waals surface area contributed by atoms with Crippen LogP contribution in [0.2, 0.25) is 0 Å². The average molecular weight is 404 g/mol. The summed E-state index contributed by atoms with van der Waals surface area (Å²) in [5.74, 6) is -1.36. The van der Waals surface area contributed by atoms with Gasteiger partial charge in [0, 0.05) is 11.8 Å². The van der Waals surface area contributed by atoms with Crippen molar-refractivity contribution in [3.63, 3.8) is 0 Å². The molecule has 154 valence electrons. The fourth-order valence-electron chi connectivity index (χ4n) is 2.28. The highest BCUT2D eigenvalue weighted by atomic mass is 19.1. The summed E-state index contributed by atoms with van der Waals surface area (Å²) >= 11 is 0. The van der Waals surface area contributed by atoms with Crippen LogP contribution < -0.4 is 20.1 Å². The van der Waals surface area contributed by atoms with Crippen molar-refractivity contribution in [3.8, 4) is 11.5 Å². The van der Waals surface area contributed by atoms with Crippen LogP contribution in [0.15, 0.2) is 42.5 Å². The summed E-state index contributed by atoms with van der Waals surface area (Å²) in [5.41, 5.74) is 0.332. The molecule has 29 heavy (non-hydrogen) atoms. The fourth-order valence-corrected chi connectivity index (χ4v) is 2.28. The number of benzene rings is 2. The molecule has 2 N–H and O–H groups in total. The van der Waals surface area contributed by atoms with E-state index in [2.05, 4.69) is 5.32 Å². The third-order valence-corrected chi connectivity index (χ3v) is 3.45. The molecule has 9 heteroatoms. The zero-order chi connectivity index (χ0) is 21.2. The molecule has 0 unspecified atom stereocenters. The number of esters is 1. The van der Waals surface area contributed by atoms with Crippen LogP contribution in [0.25, 0.3) is 0 Å². The number of rotatable bonds is 8. The third kappa shape index (κ3) is 6.80. The molecule has 0 aliphatic heterocycles. The molecule has 0 spiro atoms. The number of carbonyl (C=O) groups is 3. The van der Waals surface area contributed by atoms with E-state index in [0.29, 0.717) is 30.4 Å². The van der Waals surface area contributed by atoms with Gasteiger partial charge in [0.15, 0.2) is 18.1 Å². The molecule has 2 aromatic carbocycles. The van der Waals surface area contributed by atoms with E-state index >= 15 is 0 Å². The topological polar surface area (TPSA) is 103 Å². The Morgan fingerprint density at radius 3 is 2.38 bits per heavy atom. The molecule has 8 nitrogen and oxygen atoms in total. The maximum Gasteiger partial charge on any atom is 0.338 e. The van der Waals surface area contributed by atoms with Gasteiger partial charge in [-0.15, -0.1) is 0 Å². The van der Waals surface area contributed by atoms with Gasteiger partial charge in [-0.3, -0.25) is 10.1 Å². The van der Waals surface area contributed by atoms with Gasteiger partial charge in [-0.1, -0.05) is 6.07 Å². The number of hydrogen-bond acceptors (Lipinski definition) is 6. The zero-order valence-electron chi connectivity index (χ0n) is 16.0. The number of nitrogens with one attached hydrogen (secondary N) is 2. The molecule has 2 rings (SSSR count). The van der Waals surface area contributed by atoms with E-state index in [1.165, 1.54) is 18.2 Å². The highest BCUT2D eigenvalue weighted by molar-refractivity contribution is 6.02. The van der Waals surface area contributed by atoms with Crippen LogP contribution in [0.1, 0.15) is 24.2 Å². The summed E-state index contributed by atoms with van der Waals surface area (Å²) in [5, 5.41) is 4.50. The second-order valence-corrected chi connectivity index (χ2v) is 5.62. The molecule has 0 atom stereocenters. The first-order valence-corrected chi connectivity index (χ1v) is 8.86. The Morgan fingerprint density at radius 2 is 1.69 bits per heavy atom. The normalized spacial score (nSPS) is 10.0. The van der Waals surface area contributed by atoms with Crippen molar-refractivity contribution in [3.05, 3.63) is 53.8 Å². The highest BCUT2D eigenvalue weighted by Crippen LogP contribution is 2.30. The molecular weight excluding hydrogens is 383 g/mol. The van der Waals surface area contributed by atoms with Crippen molar-refractivity contribution >= 4 is 23.6 Å². The Balaban J connectivity index is 1.87. The number of ether oxygens (including phenoxy) is 3. The SMILES string of the molecule is CCOc1ccc(NC(=O)NC(=O)COC(=O)c2cccc(F)c2)cc1OCC. The first kappa shape index (κ1) is 21.7. The number of carbonyl (C=O) groups excluding carboxylic acids is 3. The molecule has 0 fully saturated rings. The number of imide groups is 1. The molecule has 2 aromatic rings. The van der Waals surface area contributed by atoms with E-state index < -0.39 is 30.3 Å². The summed E-state index contributed by atoms with van der Waals surface area (Å²) in [4.78, 5) is 35.5. The summed E-state index contributed by atoms with van der Waals surface area (Å²) in [7, 11) is 0. The van der Waals surface area contributed by atoms with Crippen LogP contribution >= 0.6 is 0 Å². The van der Waals surface area contributed by atoms with Gasteiger partial charge in [0.2, 0.25) is 0 Å². The molecule has 0 radical (unpaired) electrons. The number of halogens is 1. The van der Waals surface area contributed by atoms with Crippen LogP contribution in [-0.4, -0.2) is 37.7 Å². The second-order valence-electron chi connectivity index (χ2n) is 5.62. The van der Waals surface area contributed by atoms with E-state index in [0.717, 1.165) is 6.07 Å². The van der Waals surface area contributed by atoms with Crippen molar-refractivity contribution in [1.82, 2.24) is 5.32 Å². The zero-order valence-corrected chi connectivity index (χ0v) is 16.0. The Kier molecular flexibility index (Phi) is 7.96. The average Bonchev–Trinajstić information content (AvgIpc) is 2.68. The summed E-state index contributed by atoms with van der Waals surface area (Å²) in [6.45, 7) is 3.81. The van der Waals surface area contributed by atoms with E-state index in [1.54, 1.807) is 18.2 Å². The lowest BCUT2D eigenvalue weighted by Gasteiger charge is -2.13. The minimum absolute atomic E-state index is 0.0416. The van der Waals surface area contributed by atoms with Crippen molar-refractivity contribution in [2.75, 3.05) is 25.1 Å². The molecule has 0 saturated heterocycles. The molecule has 0 heterocycles. The first-order valence-electron chi connectivity index (χ1n) is 8.86. The third-order valence-electron chi connectivity index (χ3n) is 3.45. The number of amides is 3. The van der Waals surface area contributed by atoms with Crippen molar-refractivity contribution < 1.29 is 33.0 Å². The minimum Gasteiger partial charge on any atom is -0.490 e. The van der Waals surface area contributed by atoms with Crippen LogP contribution in [0, 0.1) is 5.82 Å². The van der Waals surface area contributed by atoms with Crippen LogP contribution in [-0.2, 0) is 9.53 Å². The van der Waals surface area contributed by atoms with Gasteiger partial charge in [0.1, 0.15) is 5.82 Å². The molecule has 0 aliphatic rings. The van der Waals surface area contributed by atoms with Crippen molar-refractivity contribution in [1.29, 1.82) is 0 Å². The first-order chi connectivity index (χ1) is 13.9. The predicted molar refractivity (Wildman–Crippen MR) is 103 cm³/mol. The number of anilines is 1. The monoisotopic (exact) mass is 404 g/mol. The minimum atomic E-state index is -0.882. The Bertz CT molecular complexity index is 887. The van der Waals surface area contributed by atoms with Gasteiger partial charge >= 0.3 is 12.0 Å². The van der Waals surface area contributed by atoms with Gasteiger partial charge in [0.05, 0.1) is 18.8 Å². The highest BCUT2D eigenvalue weighted by Gasteiger charge is 2.14. The van der Waals surface area contributed by atoms with Gasteiger partial charge < -0.3 is 19.5 Å². The molecular formula is C20H21FN2O6. The van der Waals surface area contributed by atoms with Crippen molar-refractivity contribution in [2.24, 2.45) is 0 Å². The van der Waals surface area contributed by atoms with Crippen LogP contribution in [0.4, 0.5) is 14.9 Å². The molecule has 0 aromatic heterocycles. The Hall–Kier alpha value is -3.62. The number of hydrogen-bond donors (Lipinski definition) is 2. The maximum atomic E-state index is 13.1. The molecule has 0 saturated carbocycles. The maximum absolute atomic E-state index is 13.1. The van der Waals surface area contributed by atoms with E-state index in [9.17, 15) is 18.8 Å². The molecule has 0 bridgehead atoms. The predicted octanol–water partition coefficient (Wildman–Crippen LogP) is 3.13. The largest absolute Gasteiger partial charge is 0.490 e.